The normalized spacial score (nSPS) is 13.3. The number of carbonyl (C=O) groups is 3. The fourth-order valence-electron chi connectivity index (χ4n) is 5.32. The van der Waals surface area contributed by atoms with Crippen molar-refractivity contribution in [2.75, 3.05) is 7.11 Å². The van der Waals surface area contributed by atoms with Crippen molar-refractivity contribution in [1.29, 1.82) is 0 Å². The van der Waals surface area contributed by atoms with Crippen LogP contribution in [0.15, 0.2) is 104 Å². The summed E-state index contributed by atoms with van der Waals surface area (Å²) >= 11 is 0. The molecular weight excluding hydrogens is 638 g/mol. The third kappa shape index (κ3) is 12.5. The summed E-state index contributed by atoms with van der Waals surface area (Å²) in [5.41, 5.74) is 3.20. The average Bonchev–Trinajstić information content (AvgIpc) is 3.13. The van der Waals surface area contributed by atoms with E-state index in [1.54, 1.807) is 56.8 Å². The quantitative estimate of drug-likeness (QED) is 0.123. The lowest BCUT2D eigenvalue weighted by Gasteiger charge is -2.30. The molecule has 4 rings (SSSR count). The number of amides is 3. The highest BCUT2D eigenvalue weighted by molar-refractivity contribution is 5.86. The number of aliphatic hydroxyl groups is 1. The summed E-state index contributed by atoms with van der Waals surface area (Å²) in [4.78, 5) is 47.6. The van der Waals surface area contributed by atoms with Gasteiger partial charge in [-0.3, -0.25) is 14.8 Å². The number of ether oxygens (including phenoxy) is 3. The molecule has 4 atom stereocenters. The highest BCUT2D eigenvalue weighted by atomic mass is 16.6. The number of hydrogen-bond donors (Lipinski definition) is 4. The molecule has 0 fully saturated rings. The van der Waals surface area contributed by atoms with Crippen LogP contribution in [0, 0.1) is 5.92 Å². The first-order chi connectivity index (χ1) is 24.2. The Labute approximate surface area is 292 Å². The number of aliphatic hydroxyl groups excluding tert-OH is 1. The number of pyridine rings is 2. The van der Waals surface area contributed by atoms with Crippen molar-refractivity contribution < 1.29 is 33.7 Å². The monoisotopic (exact) mass is 683 g/mol. The second-order valence-corrected chi connectivity index (χ2v) is 12.3. The Kier molecular flexibility index (Phi) is 14.6. The summed E-state index contributed by atoms with van der Waals surface area (Å²) in [6.07, 6.45) is 4.65. The fourth-order valence-corrected chi connectivity index (χ4v) is 5.32. The van der Waals surface area contributed by atoms with E-state index in [0.29, 0.717) is 24.2 Å². The molecule has 2 aromatic carbocycles. The van der Waals surface area contributed by atoms with Crippen LogP contribution in [0.2, 0.25) is 0 Å². The van der Waals surface area contributed by atoms with Crippen molar-refractivity contribution >= 4 is 18.1 Å². The molecule has 0 spiro atoms. The topological polar surface area (TPSA) is 161 Å². The predicted molar refractivity (Wildman–Crippen MR) is 187 cm³/mol. The fraction of sp³-hybridized carbons (Fsp3) is 0.342. The van der Waals surface area contributed by atoms with Gasteiger partial charge in [-0.1, -0.05) is 80.6 Å². The molecule has 4 N–H and O–H groups in total. The van der Waals surface area contributed by atoms with E-state index >= 15 is 0 Å². The lowest BCUT2D eigenvalue weighted by Crippen LogP contribution is -2.56. The van der Waals surface area contributed by atoms with Gasteiger partial charge in [-0.05, 0) is 48.4 Å². The summed E-state index contributed by atoms with van der Waals surface area (Å²) in [7, 11) is 1.52. The molecule has 4 aromatic rings. The minimum Gasteiger partial charge on any atom is -0.495 e. The minimum absolute atomic E-state index is 0.0371. The molecule has 264 valence electrons. The zero-order chi connectivity index (χ0) is 35.7. The molecule has 50 heavy (non-hydrogen) atoms. The maximum atomic E-state index is 13.7. The molecule has 1 unspecified atom stereocenters. The molecule has 0 saturated carbocycles. The zero-order valence-corrected chi connectivity index (χ0v) is 28.5. The number of aromatic nitrogens is 2. The lowest BCUT2D eigenvalue weighted by molar-refractivity contribution is -0.125. The maximum absolute atomic E-state index is 13.7. The molecule has 3 amide bonds. The molecule has 0 bridgehead atoms. The van der Waals surface area contributed by atoms with E-state index in [2.05, 4.69) is 25.9 Å². The third-order valence-corrected chi connectivity index (χ3v) is 7.95. The smallest absolute Gasteiger partial charge is 0.408 e. The number of hydrogen-bond acceptors (Lipinski definition) is 9. The van der Waals surface area contributed by atoms with E-state index in [4.69, 9.17) is 14.2 Å². The third-order valence-electron chi connectivity index (χ3n) is 7.95. The van der Waals surface area contributed by atoms with E-state index in [1.807, 2.05) is 60.7 Å². The molecule has 12 nitrogen and oxygen atoms in total. The standard InChI is InChI=1S/C38H45N5O7/c1-26(2)35(43-38(47)50-25-30-18-32(48-3)23-40-22-30)36(45)42-33(19-28-13-8-5-9-14-28)34(44)20-31(17-27-11-6-4-7-12-27)41-37(46)49-24-29-15-10-16-39-21-29/h4-16,18,21-23,26,31,33-35,44H,17,19-20,24-25H2,1-3H3,(H,41,46)(H,42,45)(H,43,47)/t31-,33-,34-,35?/m0/s1. The van der Waals surface area contributed by atoms with Crippen LogP contribution in [0.5, 0.6) is 5.75 Å². The van der Waals surface area contributed by atoms with E-state index in [-0.39, 0.29) is 25.6 Å². The largest absolute Gasteiger partial charge is 0.495 e. The van der Waals surface area contributed by atoms with Crippen molar-refractivity contribution in [3.05, 3.63) is 126 Å². The number of nitrogens with one attached hydrogen (secondary N) is 3. The van der Waals surface area contributed by atoms with Gasteiger partial charge in [0.05, 0.1) is 25.5 Å². The number of benzene rings is 2. The highest BCUT2D eigenvalue weighted by Crippen LogP contribution is 2.16. The van der Waals surface area contributed by atoms with Crippen LogP contribution in [-0.4, -0.2) is 64.5 Å². The summed E-state index contributed by atoms with van der Waals surface area (Å²) < 4.78 is 16.0. The zero-order valence-electron chi connectivity index (χ0n) is 28.5. The first-order valence-corrected chi connectivity index (χ1v) is 16.5. The van der Waals surface area contributed by atoms with Gasteiger partial charge in [0.1, 0.15) is 25.0 Å². The van der Waals surface area contributed by atoms with E-state index in [0.717, 1.165) is 16.7 Å². The van der Waals surface area contributed by atoms with Crippen LogP contribution in [0.25, 0.3) is 0 Å². The van der Waals surface area contributed by atoms with Crippen molar-refractivity contribution in [2.24, 2.45) is 5.92 Å². The SMILES string of the molecule is COc1cncc(COC(=O)NC(C(=O)N[C@@H](Cc2ccccc2)[C@@H](O)C[C@H](Cc2ccccc2)NC(=O)OCc2cccnc2)C(C)C)c1. The Morgan fingerprint density at radius 2 is 1.32 bits per heavy atom. The van der Waals surface area contributed by atoms with Gasteiger partial charge in [0, 0.05) is 35.8 Å². The Morgan fingerprint density at radius 1 is 0.720 bits per heavy atom. The number of nitrogens with zero attached hydrogens (tertiary/aromatic N) is 2. The first-order valence-electron chi connectivity index (χ1n) is 16.5. The maximum Gasteiger partial charge on any atom is 0.408 e. The van der Waals surface area contributed by atoms with Gasteiger partial charge in [0.15, 0.2) is 0 Å². The van der Waals surface area contributed by atoms with Crippen molar-refractivity contribution in [1.82, 2.24) is 25.9 Å². The second-order valence-electron chi connectivity index (χ2n) is 12.3. The van der Waals surface area contributed by atoms with Gasteiger partial charge in [0.25, 0.3) is 0 Å². The summed E-state index contributed by atoms with van der Waals surface area (Å²) in [5, 5.41) is 20.2. The van der Waals surface area contributed by atoms with Gasteiger partial charge >= 0.3 is 12.2 Å². The van der Waals surface area contributed by atoms with E-state index in [9.17, 15) is 19.5 Å². The van der Waals surface area contributed by atoms with Crippen LogP contribution in [0.4, 0.5) is 9.59 Å². The van der Waals surface area contributed by atoms with Crippen LogP contribution in [-0.2, 0) is 40.3 Å². The summed E-state index contributed by atoms with van der Waals surface area (Å²) in [6.45, 7) is 3.57. The van der Waals surface area contributed by atoms with Gasteiger partial charge < -0.3 is 35.3 Å². The lowest BCUT2D eigenvalue weighted by atomic mass is 9.93. The van der Waals surface area contributed by atoms with Crippen LogP contribution >= 0.6 is 0 Å². The van der Waals surface area contributed by atoms with Crippen LogP contribution in [0.1, 0.15) is 42.5 Å². The predicted octanol–water partition coefficient (Wildman–Crippen LogP) is 4.75. The van der Waals surface area contributed by atoms with Crippen LogP contribution < -0.4 is 20.7 Å². The number of rotatable bonds is 17. The molecule has 0 saturated heterocycles. The van der Waals surface area contributed by atoms with E-state index < -0.39 is 42.3 Å². The van der Waals surface area contributed by atoms with Crippen molar-refractivity contribution in [3.63, 3.8) is 0 Å². The Balaban J connectivity index is 1.45. The summed E-state index contributed by atoms with van der Waals surface area (Å²) in [5.74, 6) is -0.266. The Bertz CT molecular complexity index is 1630. The van der Waals surface area contributed by atoms with Crippen molar-refractivity contribution in [3.8, 4) is 5.75 Å². The first kappa shape index (κ1) is 37.3. The molecule has 2 aromatic heterocycles. The van der Waals surface area contributed by atoms with Gasteiger partial charge in [0.2, 0.25) is 5.91 Å². The van der Waals surface area contributed by atoms with Gasteiger partial charge in [-0.2, -0.15) is 0 Å². The number of carbonyl (C=O) groups excluding carboxylic acids is 3. The van der Waals surface area contributed by atoms with E-state index in [1.165, 1.54) is 7.11 Å². The molecular formula is C38H45N5O7. The molecule has 0 aliphatic carbocycles. The number of alkyl carbamates (subject to hydrolysis) is 2. The average molecular weight is 684 g/mol. The van der Waals surface area contributed by atoms with Crippen molar-refractivity contribution in [2.45, 2.75) is 70.6 Å². The van der Waals surface area contributed by atoms with Gasteiger partial charge in [-0.15, -0.1) is 0 Å². The number of methoxy groups -OCH3 is 1. The van der Waals surface area contributed by atoms with Gasteiger partial charge in [-0.25, -0.2) is 9.59 Å². The summed E-state index contributed by atoms with van der Waals surface area (Å²) in [6, 6.07) is 22.0. The molecule has 12 heteroatoms. The second kappa shape index (κ2) is 19.5. The molecule has 0 radical (unpaired) electrons. The Hall–Kier alpha value is -5.49. The molecule has 0 aliphatic heterocycles. The van der Waals surface area contributed by atoms with Crippen LogP contribution in [0.3, 0.4) is 0 Å². The molecule has 2 heterocycles. The molecule has 0 aliphatic rings. The highest BCUT2D eigenvalue weighted by Gasteiger charge is 2.31. The minimum atomic E-state index is -1.09. The Morgan fingerprint density at radius 3 is 1.94 bits per heavy atom.